The molecule has 3 aromatic rings. The van der Waals surface area contributed by atoms with E-state index in [-0.39, 0.29) is 18.4 Å². The van der Waals surface area contributed by atoms with Gasteiger partial charge in [-0.15, -0.1) is 0 Å². The summed E-state index contributed by atoms with van der Waals surface area (Å²) in [4.78, 5) is 37.6. The third kappa shape index (κ3) is 4.56. The first kappa shape index (κ1) is 26.2. The van der Waals surface area contributed by atoms with Gasteiger partial charge in [-0.25, -0.2) is 4.98 Å². The maximum atomic E-state index is 13.0. The molecule has 0 spiro atoms. The Morgan fingerprint density at radius 2 is 2.05 bits per heavy atom. The highest BCUT2D eigenvalue weighted by Crippen LogP contribution is 2.46. The monoisotopic (exact) mass is 539 g/mol. The van der Waals surface area contributed by atoms with E-state index in [0.29, 0.717) is 43.7 Å². The Kier molecular flexibility index (Phi) is 6.67. The molecule has 5 heterocycles. The van der Waals surface area contributed by atoms with Crippen LogP contribution in [0.25, 0.3) is 10.9 Å². The Bertz CT molecular complexity index is 1520. The molecule has 9 nitrogen and oxygen atoms in total. The van der Waals surface area contributed by atoms with Crippen LogP contribution in [0, 0.1) is 16.7 Å². The van der Waals surface area contributed by atoms with Crippen LogP contribution in [0.4, 0.5) is 5.82 Å². The van der Waals surface area contributed by atoms with Gasteiger partial charge in [0, 0.05) is 29.7 Å². The number of amides is 1. The first-order valence-corrected chi connectivity index (χ1v) is 13.9. The van der Waals surface area contributed by atoms with Gasteiger partial charge in [0.2, 0.25) is 0 Å². The lowest BCUT2D eigenvalue weighted by atomic mass is 9.67. The molecule has 1 N–H and O–H groups in total. The van der Waals surface area contributed by atoms with Crippen LogP contribution in [-0.2, 0) is 32.8 Å². The molecule has 40 heavy (non-hydrogen) atoms. The lowest BCUT2D eigenvalue weighted by molar-refractivity contribution is -0.158. The summed E-state index contributed by atoms with van der Waals surface area (Å²) >= 11 is 0. The van der Waals surface area contributed by atoms with E-state index in [9.17, 15) is 14.9 Å². The number of hydrogen-bond donors (Lipinski definition) is 1. The van der Waals surface area contributed by atoms with Crippen LogP contribution in [0.2, 0.25) is 0 Å². The zero-order chi connectivity index (χ0) is 27.9. The molecule has 1 amide bonds. The van der Waals surface area contributed by atoms with Gasteiger partial charge >= 0.3 is 5.97 Å². The second-order valence-corrected chi connectivity index (χ2v) is 11.4. The number of carbonyl (C=O) groups is 2. The quantitative estimate of drug-likeness (QED) is 0.464. The summed E-state index contributed by atoms with van der Waals surface area (Å²) in [5.74, 6) is 0.530. The molecule has 1 aromatic carbocycles. The molecule has 9 heteroatoms. The smallest absolute Gasteiger partial charge is 0.313 e. The molecule has 3 aliphatic heterocycles. The van der Waals surface area contributed by atoms with Crippen LogP contribution in [0.3, 0.4) is 0 Å². The molecule has 1 atom stereocenters. The molecule has 2 aromatic heterocycles. The van der Waals surface area contributed by atoms with Gasteiger partial charge < -0.3 is 19.7 Å². The van der Waals surface area contributed by atoms with Gasteiger partial charge in [0.1, 0.15) is 11.2 Å². The second kappa shape index (κ2) is 10.2. The Labute approximate surface area is 233 Å². The van der Waals surface area contributed by atoms with Gasteiger partial charge in [0.15, 0.2) is 0 Å². The molecule has 1 aliphatic carbocycles. The summed E-state index contributed by atoms with van der Waals surface area (Å²) in [5, 5.41) is 13.6. The molecule has 2 bridgehead atoms. The molecule has 1 saturated carbocycles. The zero-order valence-electron chi connectivity index (χ0n) is 22.9. The van der Waals surface area contributed by atoms with Gasteiger partial charge in [-0.2, -0.15) is 5.26 Å². The van der Waals surface area contributed by atoms with E-state index in [0.717, 1.165) is 53.5 Å². The van der Waals surface area contributed by atoms with Crippen LogP contribution in [0.15, 0.2) is 42.6 Å². The number of anilines is 1. The fourth-order valence-corrected chi connectivity index (χ4v) is 6.37. The minimum atomic E-state index is -0.781. The third-order valence-corrected chi connectivity index (χ3v) is 8.74. The average Bonchev–Trinajstić information content (AvgIpc) is 3.00. The van der Waals surface area contributed by atoms with E-state index in [4.69, 9.17) is 14.5 Å². The predicted molar refractivity (Wildman–Crippen MR) is 148 cm³/mol. The fraction of sp³-hybridized carbons (Fsp3) is 0.452. The molecule has 4 aliphatic rings. The van der Waals surface area contributed by atoms with Gasteiger partial charge in [-0.3, -0.25) is 14.6 Å². The number of esters is 1. The molecular formula is C31H33N5O4. The summed E-state index contributed by atoms with van der Waals surface area (Å²) < 4.78 is 11.0. The topological polar surface area (TPSA) is 117 Å². The number of aromatic nitrogens is 2. The van der Waals surface area contributed by atoms with Crippen LogP contribution in [0.1, 0.15) is 66.7 Å². The van der Waals surface area contributed by atoms with Crippen molar-refractivity contribution in [2.45, 2.75) is 64.1 Å². The Hall–Kier alpha value is -4.03. The maximum absolute atomic E-state index is 13.0. The van der Waals surface area contributed by atoms with Gasteiger partial charge in [-0.05, 0) is 81.0 Å². The highest BCUT2D eigenvalue weighted by molar-refractivity contribution is 5.94. The fourth-order valence-electron chi connectivity index (χ4n) is 6.37. The van der Waals surface area contributed by atoms with E-state index in [1.165, 1.54) is 0 Å². The van der Waals surface area contributed by atoms with E-state index >= 15 is 0 Å². The number of pyridine rings is 2. The number of carbonyl (C=O) groups excluding carboxylic acids is 2. The number of ether oxygens (including phenoxy) is 2. The summed E-state index contributed by atoms with van der Waals surface area (Å²) in [7, 11) is 0. The van der Waals surface area contributed by atoms with Crippen molar-refractivity contribution in [3.8, 4) is 6.07 Å². The highest BCUT2D eigenvalue weighted by atomic mass is 16.5. The zero-order valence-corrected chi connectivity index (χ0v) is 22.9. The van der Waals surface area contributed by atoms with E-state index < -0.39 is 10.8 Å². The van der Waals surface area contributed by atoms with Crippen molar-refractivity contribution >= 4 is 28.6 Å². The third-order valence-electron chi connectivity index (χ3n) is 8.74. The normalized spacial score (nSPS) is 25.2. The molecule has 0 radical (unpaired) electrons. The van der Waals surface area contributed by atoms with E-state index in [1.54, 1.807) is 18.3 Å². The highest BCUT2D eigenvalue weighted by Gasteiger charge is 2.50. The number of hydrogen-bond acceptors (Lipinski definition) is 8. The van der Waals surface area contributed by atoms with Gasteiger partial charge in [0.25, 0.3) is 5.91 Å². The Morgan fingerprint density at radius 3 is 2.83 bits per heavy atom. The van der Waals surface area contributed by atoms with Crippen molar-refractivity contribution in [2.24, 2.45) is 5.41 Å². The van der Waals surface area contributed by atoms with Crippen molar-refractivity contribution in [2.75, 3.05) is 24.7 Å². The minimum Gasteiger partial charge on any atom is -0.466 e. The molecule has 206 valence electrons. The van der Waals surface area contributed by atoms with Gasteiger partial charge in [-0.1, -0.05) is 6.07 Å². The number of rotatable bonds is 6. The Balaban J connectivity index is 1.18. The first-order valence-electron chi connectivity index (χ1n) is 13.9. The van der Waals surface area contributed by atoms with Crippen molar-refractivity contribution in [1.29, 1.82) is 5.26 Å². The molecule has 2 saturated heterocycles. The minimum absolute atomic E-state index is 0.0920. The Morgan fingerprint density at radius 1 is 1.23 bits per heavy atom. The van der Waals surface area contributed by atoms with Crippen LogP contribution < -0.4 is 10.2 Å². The first-order chi connectivity index (χ1) is 19.3. The van der Waals surface area contributed by atoms with E-state index in [1.807, 2.05) is 38.1 Å². The van der Waals surface area contributed by atoms with Crippen molar-refractivity contribution in [3.05, 3.63) is 65.0 Å². The largest absolute Gasteiger partial charge is 0.466 e. The molecular weight excluding hydrogens is 506 g/mol. The van der Waals surface area contributed by atoms with Crippen molar-refractivity contribution in [3.63, 3.8) is 0 Å². The van der Waals surface area contributed by atoms with Crippen molar-refractivity contribution in [1.82, 2.24) is 15.3 Å². The number of nitrogens with zero attached hydrogens (tertiary/aromatic N) is 4. The second-order valence-electron chi connectivity index (χ2n) is 11.4. The van der Waals surface area contributed by atoms with Crippen molar-refractivity contribution < 1.29 is 19.1 Å². The lowest BCUT2D eigenvalue weighted by Gasteiger charge is -2.51. The average molecular weight is 540 g/mol. The summed E-state index contributed by atoms with van der Waals surface area (Å²) in [5.41, 5.74) is 2.52. The van der Waals surface area contributed by atoms with Crippen LogP contribution >= 0.6 is 0 Å². The standard InChI is InChI=1S/C31H33N5O4/c1-3-40-29(38)31-10-8-24(9-11-31)36(18-31)27-7-6-21-14-33-23(13-26(21)35-27)15-34-28(37)20-4-5-22-16-39-19-30(2,17-32)25(22)12-20/h4-7,12-14,24H,3,8-11,15-16,18-19H2,1-2H3,(H,34,37)/t24?,30-,31?/m1/s1. The number of nitrogens with one attached hydrogen (secondary N) is 1. The van der Waals surface area contributed by atoms with Gasteiger partial charge in [0.05, 0.1) is 49.1 Å². The summed E-state index contributed by atoms with van der Waals surface area (Å²) in [6, 6.07) is 14.0. The molecule has 7 rings (SSSR count). The summed E-state index contributed by atoms with van der Waals surface area (Å²) in [6.07, 6.45) is 5.41. The SMILES string of the molecule is CCOC(=O)C12CCC(CC1)N(c1ccc3cnc(CNC(=O)c4ccc5c(c4)[C@](C)(C#N)COC5)cc3n1)C2. The number of piperidine rings is 2. The van der Waals surface area contributed by atoms with Crippen LogP contribution in [0.5, 0.6) is 0 Å². The predicted octanol–water partition coefficient (Wildman–Crippen LogP) is 4.18. The number of nitriles is 1. The molecule has 3 fully saturated rings. The maximum Gasteiger partial charge on any atom is 0.313 e. The number of benzene rings is 1. The van der Waals surface area contributed by atoms with Crippen LogP contribution in [-0.4, -0.2) is 47.6 Å². The molecule has 0 unspecified atom stereocenters. The number of fused-ring (bicyclic) bond motifs is 5. The lowest BCUT2D eigenvalue weighted by Crippen LogP contribution is -2.58. The summed E-state index contributed by atoms with van der Waals surface area (Å²) in [6.45, 7) is 5.69. The van der Waals surface area contributed by atoms with E-state index in [2.05, 4.69) is 21.3 Å².